The fourth-order valence-electron chi connectivity index (χ4n) is 2.78. The first-order valence-corrected chi connectivity index (χ1v) is 8.08. The summed E-state index contributed by atoms with van der Waals surface area (Å²) in [6.07, 6.45) is 7.71. The van der Waals surface area contributed by atoms with Crippen molar-refractivity contribution >= 4 is 18.2 Å². The SMILES string of the molecule is CCCN1CCN(C2=CC=CC(C(=N)N(C=N)C(C)C)N2)C1=O. The van der Waals surface area contributed by atoms with Crippen LogP contribution in [0.3, 0.4) is 0 Å². The summed E-state index contributed by atoms with van der Waals surface area (Å²) in [6, 6.07) is -0.288. The highest BCUT2D eigenvalue weighted by atomic mass is 16.2. The van der Waals surface area contributed by atoms with E-state index in [4.69, 9.17) is 10.8 Å². The first-order chi connectivity index (χ1) is 11.0. The summed E-state index contributed by atoms with van der Waals surface area (Å²) in [4.78, 5) is 17.6. The van der Waals surface area contributed by atoms with Crippen LogP contribution >= 0.6 is 0 Å². The molecule has 2 aliphatic rings. The van der Waals surface area contributed by atoms with Gasteiger partial charge in [0.2, 0.25) is 0 Å². The fraction of sp³-hybridized carbons (Fsp3) is 0.562. The maximum Gasteiger partial charge on any atom is 0.325 e. The lowest BCUT2D eigenvalue weighted by molar-refractivity contribution is 0.198. The monoisotopic (exact) mass is 318 g/mol. The normalized spacial score (nSPS) is 20.6. The average Bonchev–Trinajstić information content (AvgIpc) is 2.89. The van der Waals surface area contributed by atoms with Crippen LogP contribution in [-0.4, -0.2) is 64.6 Å². The number of dihydropyridines is 1. The lowest BCUT2D eigenvalue weighted by Gasteiger charge is -2.32. The zero-order valence-electron chi connectivity index (χ0n) is 14.0. The van der Waals surface area contributed by atoms with Gasteiger partial charge in [-0.05, 0) is 26.3 Å². The third-order valence-corrected chi connectivity index (χ3v) is 4.01. The molecule has 3 N–H and O–H groups in total. The minimum absolute atomic E-state index is 0.0129. The summed E-state index contributed by atoms with van der Waals surface area (Å²) in [5, 5.41) is 19.0. The summed E-state index contributed by atoms with van der Waals surface area (Å²) in [5.41, 5.74) is 0. The number of amidine groups is 1. The van der Waals surface area contributed by atoms with Crippen molar-refractivity contribution in [1.82, 2.24) is 20.0 Å². The number of nitrogens with zero attached hydrogens (tertiary/aromatic N) is 3. The third-order valence-electron chi connectivity index (χ3n) is 4.01. The van der Waals surface area contributed by atoms with Crippen molar-refractivity contribution < 1.29 is 4.79 Å². The van der Waals surface area contributed by atoms with Crippen LogP contribution in [0.4, 0.5) is 4.79 Å². The van der Waals surface area contributed by atoms with Crippen LogP contribution < -0.4 is 5.32 Å². The van der Waals surface area contributed by atoms with Crippen molar-refractivity contribution in [2.45, 2.75) is 39.3 Å². The number of rotatable bonds is 6. The Balaban J connectivity index is 2.06. The second kappa shape index (κ2) is 7.30. The van der Waals surface area contributed by atoms with Gasteiger partial charge in [-0.3, -0.25) is 15.7 Å². The Hall–Kier alpha value is -2.31. The topological polar surface area (TPSA) is 86.5 Å². The Labute approximate surface area is 137 Å². The van der Waals surface area contributed by atoms with Crippen LogP contribution in [0.15, 0.2) is 24.0 Å². The molecule has 0 saturated carbocycles. The molecule has 2 heterocycles. The molecular weight excluding hydrogens is 292 g/mol. The molecule has 1 atom stereocenters. The van der Waals surface area contributed by atoms with Gasteiger partial charge in [0, 0.05) is 25.7 Å². The smallest absolute Gasteiger partial charge is 0.325 e. The predicted molar refractivity (Wildman–Crippen MR) is 91.6 cm³/mol. The number of nitrogens with one attached hydrogen (secondary N) is 3. The zero-order chi connectivity index (χ0) is 17.0. The van der Waals surface area contributed by atoms with E-state index >= 15 is 0 Å². The van der Waals surface area contributed by atoms with E-state index < -0.39 is 0 Å². The molecule has 1 unspecified atom stereocenters. The molecule has 1 fully saturated rings. The molecule has 7 nitrogen and oxygen atoms in total. The third kappa shape index (κ3) is 3.55. The van der Waals surface area contributed by atoms with Crippen LogP contribution in [0.1, 0.15) is 27.2 Å². The van der Waals surface area contributed by atoms with Crippen LogP contribution in [0, 0.1) is 10.8 Å². The lowest BCUT2D eigenvalue weighted by atomic mass is 10.1. The molecule has 2 aliphatic heterocycles. The molecule has 0 bridgehead atoms. The molecule has 0 spiro atoms. The van der Waals surface area contributed by atoms with Crippen molar-refractivity contribution in [1.29, 1.82) is 10.8 Å². The van der Waals surface area contributed by atoms with Gasteiger partial charge in [-0.2, -0.15) is 0 Å². The number of hydrogen-bond acceptors (Lipinski definition) is 4. The van der Waals surface area contributed by atoms with Crippen LogP contribution in [0.5, 0.6) is 0 Å². The van der Waals surface area contributed by atoms with Crippen molar-refractivity contribution in [2.24, 2.45) is 0 Å². The van der Waals surface area contributed by atoms with E-state index in [2.05, 4.69) is 12.2 Å². The van der Waals surface area contributed by atoms with Gasteiger partial charge in [0.05, 0.1) is 6.34 Å². The quantitative estimate of drug-likeness (QED) is 0.515. The highest BCUT2D eigenvalue weighted by Crippen LogP contribution is 2.17. The second-order valence-corrected chi connectivity index (χ2v) is 6.00. The van der Waals surface area contributed by atoms with E-state index in [1.807, 2.05) is 37.0 Å². The highest BCUT2D eigenvalue weighted by molar-refractivity contribution is 5.95. The van der Waals surface area contributed by atoms with E-state index in [-0.39, 0.29) is 18.1 Å². The first-order valence-electron chi connectivity index (χ1n) is 8.08. The van der Waals surface area contributed by atoms with Crippen molar-refractivity contribution in [3.05, 3.63) is 24.0 Å². The minimum Gasteiger partial charge on any atom is -0.358 e. The summed E-state index contributed by atoms with van der Waals surface area (Å²) < 4.78 is 0. The molecule has 2 rings (SSSR count). The number of allylic oxidation sites excluding steroid dienone is 2. The summed E-state index contributed by atoms with van der Waals surface area (Å²) in [7, 11) is 0. The van der Waals surface area contributed by atoms with E-state index in [1.54, 1.807) is 9.80 Å². The molecular formula is C16H26N6O. The number of hydrogen-bond donors (Lipinski definition) is 3. The summed E-state index contributed by atoms with van der Waals surface area (Å²) >= 11 is 0. The maximum absolute atomic E-state index is 12.4. The molecule has 0 aromatic heterocycles. The highest BCUT2D eigenvalue weighted by Gasteiger charge is 2.32. The van der Waals surface area contributed by atoms with Crippen molar-refractivity contribution in [3.8, 4) is 0 Å². The van der Waals surface area contributed by atoms with Crippen molar-refractivity contribution in [2.75, 3.05) is 19.6 Å². The van der Waals surface area contributed by atoms with Gasteiger partial charge in [0.1, 0.15) is 17.7 Å². The lowest BCUT2D eigenvalue weighted by Crippen LogP contribution is -2.50. The number of carbonyl (C=O) groups is 1. The van der Waals surface area contributed by atoms with Crippen LogP contribution in [-0.2, 0) is 0 Å². The summed E-state index contributed by atoms with van der Waals surface area (Å²) in [5.74, 6) is 1.02. The molecule has 23 heavy (non-hydrogen) atoms. The van der Waals surface area contributed by atoms with Gasteiger partial charge in [-0.25, -0.2) is 4.79 Å². The average molecular weight is 318 g/mol. The van der Waals surface area contributed by atoms with Gasteiger partial charge >= 0.3 is 6.03 Å². The first kappa shape index (κ1) is 17.1. The molecule has 0 aromatic rings. The zero-order valence-corrected chi connectivity index (χ0v) is 14.0. The largest absolute Gasteiger partial charge is 0.358 e. The van der Waals surface area contributed by atoms with Gasteiger partial charge in [0.25, 0.3) is 0 Å². The Morgan fingerprint density at radius 2 is 2.26 bits per heavy atom. The Bertz CT molecular complexity index is 539. The van der Waals surface area contributed by atoms with E-state index in [1.165, 1.54) is 6.34 Å². The molecule has 7 heteroatoms. The van der Waals surface area contributed by atoms with Gasteiger partial charge < -0.3 is 15.1 Å². The molecule has 126 valence electrons. The fourth-order valence-corrected chi connectivity index (χ4v) is 2.78. The van der Waals surface area contributed by atoms with Crippen molar-refractivity contribution in [3.63, 3.8) is 0 Å². The van der Waals surface area contributed by atoms with Gasteiger partial charge in [-0.1, -0.05) is 19.1 Å². The maximum atomic E-state index is 12.4. The number of urea groups is 1. The number of carbonyl (C=O) groups excluding carboxylic acids is 1. The van der Waals surface area contributed by atoms with E-state index in [0.717, 1.165) is 25.3 Å². The van der Waals surface area contributed by atoms with Gasteiger partial charge in [-0.15, -0.1) is 0 Å². The molecule has 2 amide bonds. The minimum atomic E-state index is -0.341. The molecule has 0 radical (unpaired) electrons. The Kier molecular flexibility index (Phi) is 5.41. The van der Waals surface area contributed by atoms with E-state index in [0.29, 0.717) is 12.4 Å². The standard InChI is InChI=1S/C16H26N6O/c1-4-8-20-9-10-21(16(20)23)14-7-5-6-13(19-14)15(18)22(11-17)12(2)3/h5-7,11-13,17-19H,4,8-10H2,1-3H3. The number of amides is 2. The van der Waals surface area contributed by atoms with Gasteiger partial charge in [0.15, 0.2) is 0 Å². The van der Waals surface area contributed by atoms with Crippen LogP contribution in [0.2, 0.25) is 0 Å². The Morgan fingerprint density at radius 1 is 1.52 bits per heavy atom. The molecule has 1 saturated heterocycles. The summed E-state index contributed by atoms with van der Waals surface area (Å²) in [6.45, 7) is 8.10. The molecule has 0 aliphatic carbocycles. The Morgan fingerprint density at radius 3 is 2.87 bits per heavy atom. The molecule has 0 aromatic carbocycles. The predicted octanol–water partition coefficient (Wildman–Crippen LogP) is 1.80. The van der Waals surface area contributed by atoms with Crippen LogP contribution in [0.25, 0.3) is 0 Å². The second-order valence-electron chi connectivity index (χ2n) is 6.00. The van der Waals surface area contributed by atoms with E-state index in [9.17, 15) is 4.79 Å².